The summed E-state index contributed by atoms with van der Waals surface area (Å²) in [5.41, 5.74) is 2.19. The molecule has 2 atom stereocenters. The van der Waals surface area contributed by atoms with Gasteiger partial charge < -0.3 is 4.90 Å². The second kappa shape index (κ2) is 5.68. The molecule has 4 heteroatoms. The predicted octanol–water partition coefficient (Wildman–Crippen LogP) is 3.61. The largest absolute Gasteiger partial charge is 0.368 e. The Balaban J connectivity index is 2.19. The van der Waals surface area contributed by atoms with Crippen molar-refractivity contribution in [1.82, 2.24) is 4.90 Å². The van der Waals surface area contributed by atoms with E-state index in [0.717, 1.165) is 23.7 Å². The average molecular weight is 287 g/mol. The van der Waals surface area contributed by atoms with Crippen LogP contribution < -0.4 is 4.90 Å². The van der Waals surface area contributed by atoms with E-state index in [0.29, 0.717) is 18.0 Å². The number of nitrogens with zero attached hydrogens (tertiary/aromatic N) is 2. The number of anilines is 1. The van der Waals surface area contributed by atoms with Crippen LogP contribution in [0.1, 0.15) is 19.4 Å². The van der Waals surface area contributed by atoms with Gasteiger partial charge in [-0.15, -0.1) is 11.6 Å². The molecule has 0 radical (unpaired) electrons. The Morgan fingerprint density at radius 1 is 1.22 bits per heavy atom. The average Bonchev–Trinajstić information content (AvgIpc) is 2.35. The van der Waals surface area contributed by atoms with Gasteiger partial charge in [0.15, 0.2) is 0 Å². The van der Waals surface area contributed by atoms with E-state index in [1.165, 1.54) is 5.69 Å². The minimum Gasteiger partial charge on any atom is -0.368 e. The fourth-order valence-corrected chi connectivity index (χ4v) is 3.00. The summed E-state index contributed by atoms with van der Waals surface area (Å²) in [6.45, 7) is 6.60. The first-order valence-electron chi connectivity index (χ1n) is 6.34. The topological polar surface area (TPSA) is 6.48 Å². The van der Waals surface area contributed by atoms with Crippen molar-refractivity contribution in [3.05, 3.63) is 28.8 Å². The summed E-state index contributed by atoms with van der Waals surface area (Å²) in [4.78, 5) is 4.82. The van der Waals surface area contributed by atoms with Crippen molar-refractivity contribution in [2.45, 2.75) is 31.8 Å². The Morgan fingerprint density at radius 2 is 1.83 bits per heavy atom. The monoisotopic (exact) mass is 286 g/mol. The molecule has 0 saturated carbocycles. The summed E-state index contributed by atoms with van der Waals surface area (Å²) in [5.74, 6) is 0.467. The van der Waals surface area contributed by atoms with Crippen LogP contribution in [0.5, 0.6) is 0 Å². The summed E-state index contributed by atoms with van der Waals surface area (Å²) < 4.78 is 0. The third-order valence-electron chi connectivity index (χ3n) is 3.91. The molecule has 1 aromatic carbocycles. The molecule has 1 fully saturated rings. The van der Waals surface area contributed by atoms with Crippen molar-refractivity contribution in [1.29, 1.82) is 0 Å². The van der Waals surface area contributed by atoms with Crippen LogP contribution in [0, 0.1) is 0 Å². The second-order valence-electron chi connectivity index (χ2n) is 5.18. The van der Waals surface area contributed by atoms with Crippen LogP contribution in [-0.4, -0.2) is 37.1 Å². The van der Waals surface area contributed by atoms with Gasteiger partial charge in [-0.05, 0) is 38.6 Å². The van der Waals surface area contributed by atoms with E-state index in [4.69, 9.17) is 23.2 Å². The normalized spacial score (nSPS) is 25.5. The second-order valence-corrected chi connectivity index (χ2v) is 5.85. The molecule has 0 bridgehead atoms. The molecule has 18 heavy (non-hydrogen) atoms. The van der Waals surface area contributed by atoms with Gasteiger partial charge in [-0.1, -0.05) is 17.7 Å². The lowest BCUT2D eigenvalue weighted by Gasteiger charge is -2.43. The van der Waals surface area contributed by atoms with Crippen molar-refractivity contribution < 1.29 is 0 Å². The number of alkyl halides is 1. The van der Waals surface area contributed by atoms with Crippen LogP contribution in [0.4, 0.5) is 5.69 Å². The zero-order chi connectivity index (χ0) is 13.3. The smallest absolute Gasteiger partial charge is 0.0488 e. The SMILES string of the molecule is CC1CN(c2ccc(CCl)c(Cl)c2)CC(C)N1C. The molecule has 1 aliphatic heterocycles. The predicted molar refractivity (Wildman–Crippen MR) is 79.9 cm³/mol. The van der Waals surface area contributed by atoms with Crippen molar-refractivity contribution in [3.63, 3.8) is 0 Å². The number of piperazine rings is 1. The van der Waals surface area contributed by atoms with Crippen molar-refractivity contribution >= 4 is 28.9 Å². The molecule has 1 heterocycles. The standard InChI is InChI=1S/C14H20Cl2N2/c1-10-8-18(9-11(2)17(10)3)13-5-4-12(7-15)14(16)6-13/h4-6,10-11H,7-9H2,1-3H3. The van der Waals surface area contributed by atoms with Crippen LogP contribution in [0.25, 0.3) is 0 Å². The summed E-state index contributed by atoms with van der Waals surface area (Å²) in [6, 6.07) is 7.29. The molecule has 0 aromatic heterocycles. The molecular formula is C14H20Cl2N2. The highest BCUT2D eigenvalue weighted by atomic mass is 35.5. The lowest BCUT2D eigenvalue weighted by Crippen LogP contribution is -2.55. The van der Waals surface area contributed by atoms with Gasteiger partial charge in [0.25, 0.3) is 0 Å². The third-order valence-corrected chi connectivity index (χ3v) is 4.55. The summed E-state index contributed by atoms with van der Waals surface area (Å²) >= 11 is 12.1. The Morgan fingerprint density at radius 3 is 2.33 bits per heavy atom. The fraction of sp³-hybridized carbons (Fsp3) is 0.571. The molecule has 100 valence electrons. The maximum Gasteiger partial charge on any atom is 0.0488 e. The van der Waals surface area contributed by atoms with Gasteiger partial charge in [0, 0.05) is 41.8 Å². The van der Waals surface area contributed by atoms with Crippen LogP contribution >= 0.6 is 23.2 Å². The zero-order valence-electron chi connectivity index (χ0n) is 11.2. The van der Waals surface area contributed by atoms with Crippen LogP contribution in [0.15, 0.2) is 18.2 Å². The first kappa shape index (κ1) is 14.0. The Bertz CT molecular complexity index is 410. The number of halogens is 2. The molecule has 1 saturated heterocycles. The maximum atomic E-state index is 6.23. The number of benzene rings is 1. The van der Waals surface area contributed by atoms with Gasteiger partial charge in [0.2, 0.25) is 0 Å². The number of likely N-dealkylation sites (N-methyl/N-ethyl adjacent to an activating group) is 1. The maximum absolute atomic E-state index is 6.23. The third kappa shape index (κ3) is 2.76. The van der Waals surface area contributed by atoms with Crippen molar-refractivity contribution in [2.24, 2.45) is 0 Å². The quantitative estimate of drug-likeness (QED) is 0.767. The lowest BCUT2D eigenvalue weighted by molar-refractivity contribution is 0.170. The van der Waals surface area contributed by atoms with Crippen LogP contribution in [0.2, 0.25) is 5.02 Å². The van der Waals surface area contributed by atoms with Gasteiger partial charge in [0.05, 0.1) is 0 Å². The van der Waals surface area contributed by atoms with Gasteiger partial charge in [-0.3, -0.25) is 4.90 Å². The van der Waals surface area contributed by atoms with Gasteiger partial charge in [-0.2, -0.15) is 0 Å². The highest BCUT2D eigenvalue weighted by Gasteiger charge is 2.26. The summed E-state index contributed by atoms with van der Waals surface area (Å²) in [7, 11) is 2.19. The van der Waals surface area contributed by atoms with E-state index in [1.54, 1.807) is 0 Å². The van der Waals surface area contributed by atoms with E-state index in [1.807, 2.05) is 12.1 Å². The lowest BCUT2D eigenvalue weighted by atomic mass is 10.1. The van der Waals surface area contributed by atoms with E-state index >= 15 is 0 Å². The first-order chi connectivity index (χ1) is 8.52. The molecule has 1 aliphatic rings. The highest BCUT2D eigenvalue weighted by molar-refractivity contribution is 6.32. The first-order valence-corrected chi connectivity index (χ1v) is 7.25. The molecule has 2 rings (SSSR count). The Kier molecular flexibility index (Phi) is 4.41. The summed E-state index contributed by atoms with van der Waals surface area (Å²) in [6.07, 6.45) is 0. The van der Waals surface area contributed by atoms with Crippen LogP contribution in [0.3, 0.4) is 0 Å². The zero-order valence-corrected chi connectivity index (χ0v) is 12.7. The number of hydrogen-bond acceptors (Lipinski definition) is 2. The van der Waals surface area contributed by atoms with E-state index < -0.39 is 0 Å². The fourth-order valence-electron chi connectivity index (χ4n) is 2.46. The highest BCUT2D eigenvalue weighted by Crippen LogP contribution is 2.27. The molecule has 0 N–H and O–H groups in total. The van der Waals surface area contributed by atoms with Gasteiger partial charge in [0.1, 0.15) is 0 Å². The summed E-state index contributed by atoms with van der Waals surface area (Å²) in [5, 5.41) is 0.765. The molecule has 0 amide bonds. The minimum absolute atomic E-state index is 0.467. The van der Waals surface area contributed by atoms with E-state index in [9.17, 15) is 0 Å². The van der Waals surface area contributed by atoms with Gasteiger partial charge in [-0.25, -0.2) is 0 Å². The Hall–Kier alpha value is -0.440. The molecule has 2 unspecified atom stereocenters. The van der Waals surface area contributed by atoms with Gasteiger partial charge >= 0.3 is 0 Å². The van der Waals surface area contributed by atoms with Crippen LogP contribution in [-0.2, 0) is 5.88 Å². The van der Waals surface area contributed by atoms with Crippen molar-refractivity contribution in [2.75, 3.05) is 25.0 Å². The molecular weight excluding hydrogens is 267 g/mol. The van der Waals surface area contributed by atoms with E-state index in [2.05, 4.69) is 36.8 Å². The number of rotatable bonds is 2. The van der Waals surface area contributed by atoms with E-state index in [-0.39, 0.29) is 0 Å². The minimum atomic E-state index is 0.467. The molecule has 2 nitrogen and oxygen atoms in total. The van der Waals surface area contributed by atoms with Crippen molar-refractivity contribution in [3.8, 4) is 0 Å². The molecule has 1 aromatic rings. The molecule has 0 aliphatic carbocycles. The molecule has 0 spiro atoms. The Labute approximate surface area is 119 Å². The number of hydrogen-bond donors (Lipinski definition) is 0.